The average molecular weight is 426 g/mol. The van der Waals surface area contributed by atoms with Crippen LogP contribution in [-0.4, -0.2) is 31.0 Å². The van der Waals surface area contributed by atoms with E-state index in [2.05, 4.69) is 5.32 Å². The number of benzene rings is 2. The van der Waals surface area contributed by atoms with E-state index in [1.807, 2.05) is 37.3 Å². The zero-order valence-corrected chi connectivity index (χ0v) is 17.2. The van der Waals surface area contributed by atoms with Crippen molar-refractivity contribution in [2.75, 3.05) is 19.5 Å². The smallest absolute Gasteiger partial charge is 0.341 e. The fourth-order valence-corrected chi connectivity index (χ4v) is 4.09. The Balaban J connectivity index is 2.03. The number of nitrogens with one attached hydrogen (secondary N) is 1. The van der Waals surface area contributed by atoms with E-state index in [4.69, 9.17) is 9.47 Å². The fourth-order valence-electron chi connectivity index (χ4n) is 3.03. The summed E-state index contributed by atoms with van der Waals surface area (Å²) < 4.78 is 9.89. The van der Waals surface area contributed by atoms with Gasteiger partial charge >= 0.3 is 11.7 Å². The molecule has 9 heteroatoms. The first-order valence-corrected chi connectivity index (χ1v) is 9.60. The van der Waals surface area contributed by atoms with Crippen molar-refractivity contribution in [1.82, 2.24) is 0 Å². The molecule has 0 radical (unpaired) electrons. The average Bonchev–Trinajstić information content (AvgIpc) is 3.08. The Hall–Kier alpha value is -3.72. The number of methoxy groups -OCH3 is 2. The summed E-state index contributed by atoms with van der Waals surface area (Å²) in [6, 6.07) is 13.2. The van der Waals surface area contributed by atoms with Crippen molar-refractivity contribution < 1.29 is 24.0 Å². The molecule has 2 aromatic carbocycles. The molecule has 0 aliphatic carbocycles. The number of carbonyl (C=O) groups is 2. The normalized spacial score (nSPS) is 10.4. The second-order valence-corrected chi connectivity index (χ2v) is 7.42. The molecule has 3 aromatic rings. The number of aryl methyl sites for hydroxylation is 1. The van der Waals surface area contributed by atoms with Gasteiger partial charge in [0.15, 0.2) is 5.75 Å². The third-order valence-corrected chi connectivity index (χ3v) is 5.42. The van der Waals surface area contributed by atoms with Gasteiger partial charge in [-0.05, 0) is 24.6 Å². The number of rotatable bonds is 6. The molecule has 154 valence electrons. The quantitative estimate of drug-likeness (QED) is 0.348. The molecular formula is C21H18N2O6S. The highest BCUT2D eigenvalue weighted by Crippen LogP contribution is 2.40. The van der Waals surface area contributed by atoms with Crippen molar-refractivity contribution >= 4 is 33.9 Å². The van der Waals surface area contributed by atoms with Crippen LogP contribution < -0.4 is 10.1 Å². The van der Waals surface area contributed by atoms with Gasteiger partial charge in [0, 0.05) is 22.1 Å². The number of carbonyl (C=O) groups excluding carboxylic acids is 2. The summed E-state index contributed by atoms with van der Waals surface area (Å²) in [6.07, 6.45) is 0. The molecule has 0 spiro atoms. The first-order chi connectivity index (χ1) is 14.4. The summed E-state index contributed by atoms with van der Waals surface area (Å²) in [5, 5.41) is 14.2. The predicted octanol–water partition coefficient (Wildman–Crippen LogP) is 4.68. The van der Waals surface area contributed by atoms with Crippen LogP contribution in [0.2, 0.25) is 0 Å². The van der Waals surface area contributed by atoms with Crippen LogP contribution in [-0.2, 0) is 4.74 Å². The Morgan fingerprint density at radius 2 is 1.80 bits per heavy atom. The van der Waals surface area contributed by atoms with E-state index in [9.17, 15) is 19.7 Å². The molecule has 0 bridgehead atoms. The van der Waals surface area contributed by atoms with Gasteiger partial charge in [0.25, 0.3) is 5.91 Å². The molecular weight excluding hydrogens is 408 g/mol. The van der Waals surface area contributed by atoms with Gasteiger partial charge in [-0.25, -0.2) is 4.79 Å². The van der Waals surface area contributed by atoms with Gasteiger partial charge in [0.1, 0.15) is 10.6 Å². The highest BCUT2D eigenvalue weighted by molar-refractivity contribution is 7.17. The molecule has 30 heavy (non-hydrogen) atoms. The minimum absolute atomic E-state index is 0.0464. The maximum Gasteiger partial charge on any atom is 0.341 e. The minimum atomic E-state index is -0.627. The standard InChI is InChI=1S/C21H18N2O6S/c1-12-17(13-7-5-4-6-8-13)18(21(25)29-3)20(30-12)22-19(24)14-9-10-16(28-2)15(11-14)23(26)27/h4-11H,1-3H3,(H,22,24). The maximum atomic E-state index is 12.8. The molecule has 0 unspecified atom stereocenters. The van der Waals surface area contributed by atoms with Crippen LogP contribution in [0.5, 0.6) is 5.75 Å². The SMILES string of the molecule is COC(=O)c1c(NC(=O)c2ccc(OC)c([N+](=O)[O-])c2)sc(C)c1-c1ccccc1. The lowest BCUT2D eigenvalue weighted by molar-refractivity contribution is -0.385. The molecule has 0 aliphatic rings. The maximum absolute atomic E-state index is 12.8. The molecule has 0 atom stereocenters. The van der Waals surface area contributed by atoms with Crippen LogP contribution in [0.4, 0.5) is 10.7 Å². The van der Waals surface area contributed by atoms with Crippen molar-refractivity contribution in [1.29, 1.82) is 0 Å². The summed E-state index contributed by atoms with van der Waals surface area (Å²) in [7, 11) is 2.58. The van der Waals surface area contributed by atoms with Crippen molar-refractivity contribution in [3.05, 3.63) is 74.6 Å². The van der Waals surface area contributed by atoms with Crippen LogP contribution in [0.3, 0.4) is 0 Å². The third kappa shape index (κ3) is 4.01. The zero-order valence-electron chi connectivity index (χ0n) is 16.4. The highest BCUT2D eigenvalue weighted by atomic mass is 32.1. The summed E-state index contributed by atoms with van der Waals surface area (Å²) in [4.78, 5) is 36.7. The number of nitro benzene ring substituents is 1. The van der Waals surface area contributed by atoms with Gasteiger partial charge in [-0.2, -0.15) is 0 Å². The van der Waals surface area contributed by atoms with Crippen molar-refractivity contribution in [2.45, 2.75) is 6.92 Å². The van der Waals surface area contributed by atoms with Crippen LogP contribution in [0.1, 0.15) is 25.6 Å². The second kappa shape index (κ2) is 8.75. The first kappa shape index (κ1) is 21.0. The third-order valence-electron chi connectivity index (χ3n) is 4.40. The van der Waals surface area contributed by atoms with Gasteiger partial charge in [0.2, 0.25) is 0 Å². The van der Waals surface area contributed by atoms with Gasteiger partial charge in [-0.15, -0.1) is 11.3 Å². The Morgan fingerprint density at radius 1 is 1.10 bits per heavy atom. The zero-order chi connectivity index (χ0) is 21.8. The number of hydrogen-bond acceptors (Lipinski definition) is 7. The molecule has 0 saturated heterocycles. The monoisotopic (exact) mass is 426 g/mol. The molecule has 8 nitrogen and oxygen atoms in total. The molecule has 1 N–H and O–H groups in total. The Morgan fingerprint density at radius 3 is 2.40 bits per heavy atom. The van der Waals surface area contributed by atoms with E-state index >= 15 is 0 Å². The van der Waals surface area contributed by atoms with Crippen molar-refractivity contribution in [3.63, 3.8) is 0 Å². The molecule has 0 saturated carbocycles. The summed E-state index contributed by atoms with van der Waals surface area (Å²) in [5.74, 6) is -1.13. The number of anilines is 1. The molecule has 0 aliphatic heterocycles. The number of ether oxygens (including phenoxy) is 2. The van der Waals surface area contributed by atoms with Crippen LogP contribution in [0, 0.1) is 17.0 Å². The summed E-state index contributed by atoms with van der Waals surface area (Å²) in [6.45, 7) is 1.84. The largest absolute Gasteiger partial charge is 0.490 e. The number of nitrogens with zero attached hydrogens (tertiary/aromatic N) is 1. The van der Waals surface area contributed by atoms with Gasteiger partial charge in [0.05, 0.1) is 19.1 Å². The summed E-state index contributed by atoms with van der Waals surface area (Å²) >= 11 is 1.23. The number of nitro groups is 1. The van der Waals surface area contributed by atoms with Gasteiger partial charge < -0.3 is 14.8 Å². The molecule has 1 amide bonds. The lowest BCUT2D eigenvalue weighted by Gasteiger charge is -2.09. The molecule has 1 heterocycles. The number of thiophene rings is 1. The summed E-state index contributed by atoms with van der Waals surface area (Å²) in [5.41, 5.74) is 1.45. The van der Waals surface area contributed by atoms with Crippen LogP contribution in [0.15, 0.2) is 48.5 Å². The fraction of sp³-hybridized carbons (Fsp3) is 0.143. The van der Waals surface area contributed by atoms with E-state index in [1.54, 1.807) is 0 Å². The van der Waals surface area contributed by atoms with E-state index < -0.39 is 16.8 Å². The predicted molar refractivity (Wildman–Crippen MR) is 113 cm³/mol. The van der Waals surface area contributed by atoms with E-state index in [-0.39, 0.29) is 22.6 Å². The van der Waals surface area contributed by atoms with E-state index in [0.717, 1.165) is 16.5 Å². The Kier molecular flexibility index (Phi) is 6.12. The lowest BCUT2D eigenvalue weighted by atomic mass is 10.0. The Labute approximate surface area is 176 Å². The molecule has 1 aromatic heterocycles. The van der Waals surface area contributed by atoms with Gasteiger partial charge in [-0.3, -0.25) is 14.9 Å². The van der Waals surface area contributed by atoms with Crippen molar-refractivity contribution in [3.8, 4) is 16.9 Å². The van der Waals surface area contributed by atoms with Crippen LogP contribution in [0.25, 0.3) is 11.1 Å². The number of amides is 1. The first-order valence-electron chi connectivity index (χ1n) is 8.78. The van der Waals surface area contributed by atoms with E-state index in [0.29, 0.717) is 10.6 Å². The van der Waals surface area contributed by atoms with Crippen LogP contribution >= 0.6 is 11.3 Å². The molecule has 0 fully saturated rings. The van der Waals surface area contributed by atoms with Crippen molar-refractivity contribution in [2.24, 2.45) is 0 Å². The number of esters is 1. The van der Waals surface area contributed by atoms with E-state index in [1.165, 1.54) is 37.7 Å². The van der Waals surface area contributed by atoms with Gasteiger partial charge in [-0.1, -0.05) is 30.3 Å². The topological polar surface area (TPSA) is 108 Å². The second-order valence-electron chi connectivity index (χ2n) is 6.19. The highest BCUT2D eigenvalue weighted by Gasteiger charge is 2.26. The lowest BCUT2D eigenvalue weighted by Crippen LogP contribution is -2.14. The number of hydrogen-bond donors (Lipinski definition) is 1. The molecule has 3 rings (SSSR count). The Bertz CT molecular complexity index is 1120. The minimum Gasteiger partial charge on any atom is -0.490 e.